The summed E-state index contributed by atoms with van der Waals surface area (Å²) in [7, 11) is 0. The van der Waals surface area contributed by atoms with Gasteiger partial charge >= 0.3 is 0 Å². The van der Waals surface area contributed by atoms with E-state index in [1.165, 1.54) is 0 Å². The highest BCUT2D eigenvalue weighted by Gasteiger charge is 2.37. The zero-order valence-electron chi connectivity index (χ0n) is 16.1. The van der Waals surface area contributed by atoms with Crippen molar-refractivity contribution in [3.05, 3.63) is 35.0 Å². The maximum Gasteiger partial charge on any atom is 0.273 e. The molecule has 29 heavy (non-hydrogen) atoms. The number of nitrogens with zero attached hydrogens (tertiary/aromatic N) is 2. The highest BCUT2D eigenvalue weighted by Crippen LogP contribution is 2.40. The molecule has 1 saturated heterocycles. The van der Waals surface area contributed by atoms with Crippen LogP contribution in [0, 0.1) is 0 Å². The second-order valence-electron chi connectivity index (χ2n) is 8.31. The van der Waals surface area contributed by atoms with E-state index in [9.17, 15) is 9.59 Å². The third-order valence-corrected chi connectivity index (χ3v) is 5.90. The summed E-state index contributed by atoms with van der Waals surface area (Å²) in [4.78, 5) is 25.3. The van der Waals surface area contributed by atoms with E-state index in [-0.39, 0.29) is 29.7 Å². The van der Waals surface area contributed by atoms with Crippen LogP contribution in [0.25, 0.3) is 0 Å². The van der Waals surface area contributed by atoms with Crippen LogP contribution in [0.15, 0.2) is 21.2 Å². The maximum atomic E-state index is 12.8. The second-order valence-corrected chi connectivity index (χ2v) is 8.31. The number of hydrogen-bond acceptors (Lipinski definition) is 7. The molecule has 1 aliphatic heterocycles. The molecule has 3 heterocycles. The summed E-state index contributed by atoms with van der Waals surface area (Å²) in [6.07, 6.45) is 5.50. The van der Waals surface area contributed by atoms with Crippen LogP contribution >= 0.6 is 0 Å². The molecule has 0 aromatic carbocycles. The van der Waals surface area contributed by atoms with E-state index < -0.39 is 5.54 Å². The lowest BCUT2D eigenvalue weighted by Gasteiger charge is -2.37. The third-order valence-electron chi connectivity index (χ3n) is 5.90. The molecule has 2 saturated carbocycles. The first-order valence-electron chi connectivity index (χ1n) is 10.2. The van der Waals surface area contributed by atoms with Crippen LogP contribution in [-0.4, -0.2) is 47.4 Å². The molecule has 2 aromatic heterocycles. The Bertz CT molecular complexity index is 906. The van der Waals surface area contributed by atoms with Crippen LogP contribution < -0.4 is 10.6 Å². The Kier molecular flexibility index (Phi) is 4.61. The van der Waals surface area contributed by atoms with Gasteiger partial charge in [0.1, 0.15) is 11.5 Å². The normalized spacial score (nSPS) is 21.0. The molecule has 3 fully saturated rings. The molecule has 0 atom stereocenters. The molecule has 0 spiro atoms. The first-order chi connectivity index (χ1) is 14.1. The Hall–Kier alpha value is -2.68. The summed E-state index contributed by atoms with van der Waals surface area (Å²) in [6.45, 7) is 1.30. The van der Waals surface area contributed by atoms with Gasteiger partial charge in [-0.3, -0.25) is 9.59 Å². The molecule has 2 aliphatic carbocycles. The topological polar surface area (TPSA) is 119 Å². The summed E-state index contributed by atoms with van der Waals surface area (Å²) in [5.41, 5.74) is -0.0621. The molecule has 154 valence electrons. The third kappa shape index (κ3) is 4.05. The highest BCUT2D eigenvalue weighted by molar-refractivity contribution is 5.93. The standard InChI is InChI=1S/C20H24N4O5/c25-18(14-9-16(28-23-14)12-1-2-12)21-11-20(5-7-27-8-6-20)22-19(26)15-10-17(29-24-15)13-3-4-13/h9-10,12-13H,1-8,11H2,(H,21,25)(H,22,26). The van der Waals surface area contributed by atoms with Gasteiger partial charge in [-0.1, -0.05) is 10.3 Å². The van der Waals surface area contributed by atoms with Crippen LogP contribution in [0.2, 0.25) is 0 Å². The quantitative estimate of drug-likeness (QED) is 0.730. The lowest BCUT2D eigenvalue weighted by Crippen LogP contribution is -2.58. The predicted molar refractivity (Wildman–Crippen MR) is 99.5 cm³/mol. The van der Waals surface area contributed by atoms with E-state index in [1.807, 2.05) is 0 Å². The molecular formula is C20H24N4O5. The Morgan fingerprint density at radius 1 is 0.931 bits per heavy atom. The molecule has 5 rings (SSSR count). The average molecular weight is 400 g/mol. The zero-order valence-corrected chi connectivity index (χ0v) is 16.1. The number of carbonyl (C=O) groups excluding carboxylic acids is 2. The van der Waals surface area contributed by atoms with Crippen molar-refractivity contribution >= 4 is 11.8 Å². The van der Waals surface area contributed by atoms with E-state index in [0.29, 0.717) is 37.9 Å². The molecule has 9 nitrogen and oxygen atoms in total. The van der Waals surface area contributed by atoms with Gasteiger partial charge in [-0.2, -0.15) is 0 Å². The molecule has 0 unspecified atom stereocenters. The minimum absolute atomic E-state index is 0.269. The smallest absolute Gasteiger partial charge is 0.273 e. The average Bonchev–Trinajstić information content (AvgIpc) is 3.67. The molecule has 3 aliphatic rings. The van der Waals surface area contributed by atoms with Crippen LogP contribution in [0.3, 0.4) is 0 Å². The van der Waals surface area contributed by atoms with Crippen LogP contribution in [0.1, 0.15) is 82.9 Å². The van der Waals surface area contributed by atoms with Crippen molar-refractivity contribution in [2.75, 3.05) is 19.8 Å². The van der Waals surface area contributed by atoms with E-state index in [4.69, 9.17) is 13.8 Å². The van der Waals surface area contributed by atoms with E-state index >= 15 is 0 Å². The fraction of sp³-hybridized carbons (Fsp3) is 0.600. The van der Waals surface area contributed by atoms with Crippen LogP contribution in [-0.2, 0) is 4.74 Å². The minimum atomic E-state index is -0.604. The lowest BCUT2D eigenvalue weighted by atomic mass is 9.89. The molecule has 2 amide bonds. The van der Waals surface area contributed by atoms with Gasteiger partial charge in [-0.05, 0) is 38.5 Å². The Balaban J connectivity index is 1.24. The fourth-order valence-corrected chi connectivity index (χ4v) is 3.67. The van der Waals surface area contributed by atoms with E-state index in [1.54, 1.807) is 12.1 Å². The molecule has 0 radical (unpaired) electrons. The first kappa shape index (κ1) is 18.4. The molecule has 2 aromatic rings. The van der Waals surface area contributed by atoms with Crippen molar-refractivity contribution in [1.82, 2.24) is 20.9 Å². The number of rotatable bonds is 7. The number of hydrogen-bond donors (Lipinski definition) is 2. The molecular weight excluding hydrogens is 376 g/mol. The van der Waals surface area contributed by atoms with Gasteiger partial charge in [0.25, 0.3) is 11.8 Å². The number of carbonyl (C=O) groups is 2. The minimum Gasteiger partial charge on any atom is -0.381 e. The SMILES string of the molecule is O=C(NCC1(NC(=O)c2cc(C3CC3)on2)CCOCC1)c1cc(C2CC2)on1. The fourth-order valence-electron chi connectivity index (χ4n) is 3.67. The van der Waals surface area contributed by atoms with Crippen molar-refractivity contribution < 1.29 is 23.4 Å². The Morgan fingerprint density at radius 2 is 1.48 bits per heavy atom. The van der Waals surface area contributed by atoms with Crippen molar-refractivity contribution in [3.8, 4) is 0 Å². The lowest BCUT2D eigenvalue weighted by molar-refractivity contribution is 0.0349. The maximum absolute atomic E-state index is 12.8. The highest BCUT2D eigenvalue weighted by atomic mass is 16.5. The first-order valence-corrected chi connectivity index (χ1v) is 10.2. The van der Waals surface area contributed by atoms with Gasteiger partial charge in [-0.25, -0.2) is 0 Å². The number of amides is 2. The second kappa shape index (κ2) is 7.29. The van der Waals surface area contributed by atoms with Gasteiger partial charge in [0.05, 0.1) is 5.54 Å². The predicted octanol–water partition coefficient (Wildman–Crippen LogP) is 2.13. The summed E-state index contributed by atoms with van der Waals surface area (Å²) in [5.74, 6) is 1.72. The van der Waals surface area contributed by atoms with Gasteiger partial charge < -0.3 is 24.4 Å². The van der Waals surface area contributed by atoms with Gasteiger partial charge in [-0.15, -0.1) is 0 Å². The van der Waals surface area contributed by atoms with Crippen LogP contribution in [0.4, 0.5) is 0 Å². The summed E-state index contributed by atoms with van der Waals surface area (Å²) in [6, 6.07) is 3.42. The largest absolute Gasteiger partial charge is 0.381 e. The number of aromatic nitrogens is 2. The summed E-state index contributed by atoms with van der Waals surface area (Å²) >= 11 is 0. The van der Waals surface area contributed by atoms with Gasteiger partial charge in [0, 0.05) is 43.7 Å². The summed E-state index contributed by atoms with van der Waals surface area (Å²) in [5, 5.41) is 13.7. The molecule has 9 heteroatoms. The zero-order chi connectivity index (χ0) is 19.8. The van der Waals surface area contributed by atoms with Crippen LogP contribution in [0.5, 0.6) is 0 Å². The Labute approximate surface area is 167 Å². The van der Waals surface area contributed by atoms with Gasteiger partial charge in [0.15, 0.2) is 11.4 Å². The Morgan fingerprint density at radius 3 is 2.03 bits per heavy atom. The number of nitrogens with one attached hydrogen (secondary N) is 2. The summed E-state index contributed by atoms with van der Waals surface area (Å²) < 4.78 is 16.0. The molecule has 2 N–H and O–H groups in total. The van der Waals surface area contributed by atoms with Crippen molar-refractivity contribution in [1.29, 1.82) is 0 Å². The number of ether oxygens (including phenoxy) is 1. The molecule has 0 bridgehead atoms. The van der Waals surface area contributed by atoms with E-state index in [0.717, 1.165) is 37.2 Å². The van der Waals surface area contributed by atoms with Crippen molar-refractivity contribution in [2.45, 2.75) is 55.9 Å². The van der Waals surface area contributed by atoms with Crippen molar-refractivity contribution in [2.24, 2.45) is 0 Å². The van der Waals surface area contributed by atoms with Crippen molar-refractivity contribution in [3.63, 3.8) is 0 Å². The van der Waals surface area contributed by atoms with E-state index in [2.05, 4.69) is 20.9 Å². The monoisotopic (exact) mass is 400 g/mol. The van der Waals surface area contributed by atoms with Gasteiger partial charge in [0.2, 0.25) is 0 Å².